The number of anilines is 1. The molecule has 9 nitrogen and oxygen atoms in total. The van der Waals surface area contributed by atoms with Crippen LogP contribution in [0.2, 0.25) is 5.02 Å². The van der Waals surface area contributed by atoms with E-state index in [1.54, 1.807) is 43.5 Å². The number of nitrogens with two attached hydrogens (primary N) is 1. The summed E-state index contributed by atoms with van der Waals surface area (Å²) < 4.78 is 6.57. The highest BCUT2D eigenvalue weighted by atomic mass is 35.5. The van der Waals surface area contributed by atoms with Crippen LogP contribution in [0.1, 0.15) is 0 Å². The minimum Gasteiger partial charge on any atom is -0.497 e. The molecule has 2 heterocycles. The second-order valence-corrected chi connectivity index (χ2v) is 8.32. The fourth-order valence-electron chi connectivity index (χ4n) is 3.99. The Morgan fingerprint density at radius 1 is 0.972 bits per heavy atom. The Morgan fingerprint density at radius 2 is 1.67 bits per heavy atom. The average molecular weight is 500 g/mol. The number of rotatable bonds is 5. The molecule has 0 radical (unpaired) electrons. The van der Waals surface area contributed by atoms with Gasteiger partial charge in [0.1, 0.15) is 11.6 Å². The summed E-state index contributed by atoms with van der Waals surface area (Å²) in [5, 5.41) is 12.0. The van der Waals surface area contributed by atoms with Gasteiger partial charge in [0.2, 0.25) is 0 Å². The minimum atomic E-state index is -0.615. The zero-order valence-electron chi connectivity index (χ0n) is 18.9. The maximum Gasteiger partial charge on any atom is 0.355 e. The molecule has 0 unspecified atom stereocenters. The fourth-order valence-corrected chi connectivity index (χ4v) is 4.17. The van der Waals surface area contributed by atoms with Gasteiger partial charge < -0.3 is 10.5 Å². The van der Waals surface area contributed by atoms with E-state index < -0.39 is 10.6 Å². The van der Waals surface area contributed by atoms with E-state index in [2.05, 4.69) is 9.97 Å². The molecule has 2 aromatic heterocycles. The van der Waals surface area contributed by atoms with E-state index in [-0.39, 0.29) is 17.2 Å². The van der Waals surface area contributed by atoms with Gasteiger partial charge in [-0.05, 0) is 59.7 Å². The van der Waals surface area contributed by atoms with E-state index in [1.807, 2.05) is 30.3 Å². The Kier molecular flexibility index (Phi) is 5.83. The van der Waals surface area contributed by atoms with E-state index in [9.17, 15) is 14.9 Å². The van der Waals surface area contributed by atoms with Crippen LogP contribution in [0.25, 0.3) is 39.1 Å². The van der Waals surface area contributed by atoms with Crippen molar-refractivity contribution in [2.24, 2.45) is 0 Å². The number of pyridine rings is 1. The highest BCUT2D eigenvalue weighted by molar-refractivity contribution is 6.30. The molecule has 10 heteroatoms. The number of non-ortho nitro benzene ring substituents is 1. The van der Waals surface area contributed by atoms with E-state index in [0.717, 1.165) is 5.56 Å². The van der Waals surface area contributed by atoms with Crippen LogP contribution in [0.5, 0.6) is 5.75 Å². The summed E-state index contributed by atoms with van der Waals surface area (Å²) in [6.45, 7) is 0. The molecule has 2 N–H and O–H groups in total. The molecule has 0 saturated carbocycles. The van der Waals surface area contributed by atoms with Crippen LogP contribution in [-0.2, 0) is 0 Å². The summed E-state index contributed by atoms with van der Waals surface area (Å²) in [5.41, 5.74) is 9.11. The third-order valence-corrected chi connectivity index (χ3v) is 5.97. The number of ether oxygens (including phenoxy) is 1. The van der Waals surface area contributed by atoms with Gasteiger partial charge in [0.15, 0.2) is 5.65 Å². The van der Waals surface area contributed by atoms with Gasteiger partial charge in [-0.2, -0.15) is 4.98 Å². The summed E-state index contributed by atoms with van der Waals surface area (Å²) in [4.78, 5) is 32.5. The van der Waals surface area contributed by atoms with Gasteiger partial charge in [0.25, 0.3) is 5.69 Å². The lowest BCUT2D eigenvalue weighted by atomic mass is 9.99. The van der Waals surface area contributed by atoms with Gasteiger partial charge in [0.05, 0.1) is 28.8 Å². The highest BCUT2D eigenvalue weighted by Gasteiger charge is 2.19. The van der Waals surface area contributed by atoms with Gasteiger partial charge in [-0.25, -0.2) is 14.3 Å². The summed E-state index contributed by atoms with van der Waals surface area (Å²) in [5.74, 6) is 0.829. The zero-order chi connectivity index (χ0) is 25.4. The standard InChI is InChI=1S/C26H18ClN5O4/c1-36-20-11-7-15(8-12-20)21-14-22(16-5-9-18(10-6-16)32(34)35)29-25-23(21)24(28)31(26(33)30-25)19-4-2-3-17(27)13-19/h2-14H,28H2,1H3. The smallest absolute Gasteiger partial charge is 0.355 e. The summed E-state index contributed by atoms with van der Waals surface area (Å²) >= 11 is 6.15. The van der Waals surface area contributed by atoms with Crippen molar-refractivity contribution in [3.8, 4) is 33.8 Å². The molecule has 0 spiro atoms. The van der Waals surface area contributed by atoms with Gasteiger partial charge in [-0.3, -0.25) is 10.1 Å². The number of nitro benzene ring substituents is 1. The van der Waals surface area contributed by atoms with Gasteiger partial charge in [-0.1, -0.05) is 29.8 Å². The lowest BCUT2D eigenvalue weighted by Crippen LogP contribution is -2.25. The molecule has 3 aromatic carbocycles. The van der Waals surface area contributed by atoms with Crippen LogP contribution < -0.4 is 16.2 Å². The Morgan fingerprint density at radius 3 is 2.31 bits per heavy atom. The molecular formula is C26H18ClN5O4. The average Bonchev–Trinajstić information content (AvgIpc) is 2.88. The van der Waals surface area contributed by atoms with E-state index >= 15 is 0 Å². The van der Waals surface area contributed by atoms with E-state index in [4.69, 9.17) is 22.1 Å². The number of benzene rings is 3. The molecule has 0 saturated heterocycles. The molecule has 0 aliphatic rings. The van der Waals surface area contributed by atoms with Crippen molar-refractivity contribution in [3.63, 3.8) is 0 Å². The molecule has 5 rings (SSSR count). The first kappa shape index (κ1) is 23.0. The van der Waals surface area contributed by atoms with Crippen molar-refractivity contribution in [1.29, 1.82) is 0 Å². The minimum absolute atomic E-state index is 0.0401. The molecule has 0 bridgehead atoms. The number of hydrogen-bond acceptors (Lipinski definition) is 7. The molecule has 0 fully saturated rings. The molecule has 0 amide bonds. The summed E-state index contributed by atoms with van der Waals surface area (Å²) in [6, 6.07) is 21.9. The largest absolute Gasteiger partial charge is 0.497 e. The van der Waals surface area contributed by atoms with Gasteiger partial charge >= 0.3 is 5.69 Å². The van der Waals surface area contributed by atoms with Crippen molar-refractivity contribution in [2.75, 3.05) is 12.8 Å². The first-order valence-corrected chi connectivity index (χ1v) is 11.1. The van der Waals surface area contributed by atoms with Crippen LogP contribution in [0.4, 0.5) is 11.5 Å². The van der Waals surface area contributed by atoms with Crippen molar-refractivity contribution in [2.45, 2.75) is 0 Å². The quantitative estimate of drug-likeness (QED) is 0.258. The fraction of sp³-hybridized carbons (Fsp3) is 0.0385. The Bertz CT molecular complexity index is 1680. The summed E-state index contributed by atoms with van der Waals surface area (Å²) in [6.07, 6.45) is 0. The number of nitro groups is 1. The van der Waals surface area contributed by atoms with Crippen LogP contribution in [0.15, 0.2) is 83.7 Å². The number of fused-ring (bicyclic) bond motifs is 1. The van der Waals surface area contributed by atoms with Crippen molar-refractivity contribution in [1.82, 2.24) is 14.5 Å². The van der Waals surface area contributed by atoms with E-state index in [0.29, 0.717) is 38.7 Å². The third kappa shape index (κ3) is 4.12. The van der Waals surface area contributed by atoms with Crippen LogP contribution in [-0.4, -0.2) is 26.6 Å². The SMILES string of the molecule is COc1ccc(-c2cc(-c3ccc([N+](=O)[O-])cc3)nc3nc(=O)n(-c4cccc(Cl)c4)c(N)c23)cc1. The normalized spacial score (nSPS) is 10.9. The van der Waals surface area contributed by atoms with E-state index in [1.165, 1.54) is 16.7 Å². The molecule has 0 aliphatic heterocycles. The number of nitrogens with zero attached hydrogens (tertiary/aromatic N) is 4. The predicted molar refractivity (Wildman–Crippen MR) is 139 cm³/mol. The Labute approximate surface area is 209 Å². The third-order valence-electron chi connectivity index (χ3n) is 5.73. The second-order valence-electron chi connectivity index (χ2n) is 7.88. The number of halogens is 1. The number of aromatic nitrogens is 3. The molecule has 36 heavy (non-hydrogen) atoms. The predicted octanol–water partition coefficient (Wildman–Crippen LogP) is 5.27. The molecule has 0 aliphatic carbocycles. The second kappa shape index (κ2) is 9.12. The van der Waals surface area contributed by atoms with Crippen LogP contribution >= 0.6 is 11.6 Å². The Hall–Kier alpha value is -4.76. The number of nitrogen functional groups attached to an aromatic ring is 1. The van der Waals surface area contributed by atoms with Gasteiger partial charge in [0, 0.05) is 22.7 Å². The number of methoxy groups -OCH3 is 1. The maximum atomic E-state index is 13.1. The highest BCUT2D eigenvalue weighted by Crippen LogP contribution is 2.35. The Balaban J connectivity index is 1.81. The van der Waals surface area contributed by atoms with Crippen molar-refractivity contribution in [3.05, 3.63) is 104 Å². The lowest BCUT2D eigenvalue weighted by molar-refractivity contribution is -0.384. The van der Waals surface area contributed by atoms with Crippen molar-refractivity contribution < 1.29 is 9.66 Å². The van der Waals surface area contributed by atoms with Crippen LogP contribution in [0, 0.1) is 10.1 Å². The molecule has 178 valence electrons. The molecular weight excluding hydrogens is 482 g/mol. The lowest BCUT2D eigenvalue weighted by Gasteiger charge is -2.16. The monoisotopic (exact) mass is 499 g/mol. The topological polar surface area (TPSA) is 126 Å². The first-order chi connectivity index (χ1) is 17.4. The first-order valence-electron chi connectivity index (χ1n) is 10.7. The van der Waals surface area contributed by atoms with Crippen molar-refractivity contribution >= 4 is 34.1 Å². The maximum absolute atomic E-state index is 13.1. The van der Waals surface area contributed by atoms with Crippen LogP contribution in [0.3, 0.4) is 0 Å². The van der Waals surface area contributed by atoms with Gasteiger partial charge in [-0.15, -0.1) is 0 Å². The number of hydrogen-bond donors (Lipinski definition) is 1. The zero-order valence-corrected chi connectivity index (χ0v) is 19.6. The summed E-state index contributed by atoms with van der Waals surface area (Å²) in [7, 11) is 1.58. The molecule has 5 aromatic rings. The molecule has 0 atom stereocenters.